The highest BCUT2D eigenvalue weighted by atomic mass is 35.5. The first-order valence-electron chi connectivity index (χ1n) is 14.8. The summed E-state index contributed by atoms with van der Waals surface area (Å²) < 4.78 is 10.8. The van der Waals surface area contributed by atoms with Crippen molar-refractivity contribution >= 4 is 28.9 Å². The Bertz CT molecular complexity index is 1450. The molecule has 0 saturated heterocycles. The second kappa shape index (κ2) is 16.5. The maximum atomic E-state index is 11.9. The summed E-state index contributed by atoms with van der Waals surface area (Å²) in [5, 5.41) is 30.2. The molecule has 0 spiro atoms. The van der Waals surface area contributed by atoms with E-state index in [0.29, 0.717) is 50.0 Å². The van der Waals surface area contributed by atoms with Crippen LogP contribution in [-0.2, 0) is 11.2 Å². The summed E-state index contributed by atoms with van der Waals surface area (Å²) in [6.07, 6.45) is 1.47. The molecule has 0 radical (unpaired) electrons. The van der Waals surface area contributed by atoms with Crippen LogP contribution >= 0.6 is 11.6 Å². The van der Waals surface area contributed by atoms with Crippen molar-refractivity contribution in [1.82, 2.24) is 14.8 Å². The SMILES string of the molecule is COc1ccc(C)cc1.O=CN1CCc2c([nH]c3ccc(Cl)cc23)[C@@H]1c1ccc(OCCC(O)CN(CCO)CCO)cc1. The third-order valence-electron chi connectivity index (χ3n) is 7.74. The molecule has 4 N–H and O–H groups in total. The van der Waals surface area contributed by atoms with Gasteiger partial charge < -0.3 is 34.7 Å². The molecule has 10 heteroatoms. The number of halogens is 1. The van der Waals surface area contributed by atoms with Gasteiger partial charge in [-0.25, -0.2) is 0 Å². The number of hydrogen-bond donors (Lipinski definition) is 4. The van der Waals surface area contributed by atoms with Crippen LogP contribution in [0.15, 0.2) is 66.7 Å². The number of methoxy groups -OCH3 is 1. The molecule has 1 aromatic heterocycles. The lowest BCUT2D eigenvalue weighted by molar-refractivity contribution is -0.120. The highest BCUT2D eigenvalue weighted by molar-refractivity contribution is 6.31. The van der Waals surface area contributed by atoms with Crippen LogP contribution in [0.5, 0.6) is 11.5 Å². The minimum Gasteiger partial charge on any atom is -0.497 e. The average molecular weight is 624 g/mol. The van der Waals surface area contributed by atoms with Crippen molar-refractivity contribution in [3.63, 3.8) is 0 Å². The van der Waals surface area contributed by atoms with Crippen LogP contribution in [-0.4, -0.2) is 95.7 Å². The molecule has 5 rings (SSSR count). The summed E-state index contributed by atoms with van der Waals surface area (Å²) in [5.41, 5.74) is 5.44. The van der Waals surface area contributed by atoms with Gasteiger partial charge in [-0.2, -0.15) is 0 Å². The zero-order valence-corrected chi connectivity index (χ0v) is 26.0. The van der Waals surface area contributed by atoms with E-state index in [1.165, 1.54) is 11.1 Å². The lowest BCUT2D eigenvalue weighted by Gasteiger charge is -2.33. The van der Waals surface area contributed by atoms with Crippen LogP contribution in [0, 0.1) is 6.92 Å². The molecule has 2 atom stereocenters. The van der Waals surface area contributed by atoms with E-state index in [0.717, 1.165) is 40.7 Å². The number of ether oxygens (including phenoxy) is 2. The number of carbonyl (C=O) groups excluding carboxylic acids is 1. The highest BCUT2D eigenvalue weighted by Crippen LogP contribution is 2.38. The summed E-state index contributed by atoms with van der Waals surface area (Å²) in [6, 6.07) is 21.2. The van der Waals surface area contributed by atoms with Gasteiger partial charge >= 0.3 is 0 Å². The summed E-state index contributed by atoms with van der Waals surface area (Å²) >= 11 is 6.23. The molecular weight excluding hydrogens is 582 g/mol. The number of nitrogens with one attached hydrogen (secondary N) is 1. The van der Waals surface area contributed by atoms with Gasteiger partial charge in [-0.05, 0) is 66.9 Å². The second-order valence-corrected chi connectivity index (χ2v) is 11.3. The topological polar surface area (TPSA) is 118 Å². The molecule has 4 aromatic rings. The Hall–Kier alpha value is -3.60. The lowest BCUT2D eigenvalue weighted by atomic mass is 9.93. The Balaban J connectivity index is 0.000000421. The number of aliphatic hydroxyl groups excluding tert-OH is 3. The quantitative estimate of drug-likeness (QED) is 0.164. The van der Waals surface area contributed by atoms with E-state index in [4.69, 9.17) is 31.3 Å². The number of nitrogens with zero attached hydrogens (tertiary/aromatic N) is 2. The van der Waals surface area contributed by atoms with Gasteiger partial charge in [0.1, 0.15) is 11.5 Å². The predicted molar refractivity (Wildman–Crippen MR) is 173 cm³/mol. The molecule has 1 aliphatic rings. The number of aromatic nitrogens is 1. The molecule has 0 fully saturated rings. The van der Waals surface area contributed by atoms with Crippen molar-refractivity contribution in [3.05, 3.63) is 94.1 Å². The highest BCUT2D eigenvalue weighted by Gasteiger charge is 2.31. The summed E-state index contributed by atoms with van der Waals surface area (Å²) in [5.74, 6) is 1.60. The van der Waals surface area contributed by atoms with Gasteiger partial charge in [-0.3, -0.25) is 9.69 Å². The first kappa shape index (κ1) is 33.3. The predicted octanol–water partition coefficient (Wildman–Crippen LogP) is 4.35. The standard InChI is InChI=1S/C26H32ClN3O5.C8H10O/c27-19-3-6-24-23(15-19)22-7-9-30(17-33)26(25(22)28-24)18-1-4-21(5-2-18)35-14-8-20(34)16-29(10-12-31)11-13-32;1-7-3-5-8(9-2)6-4-7/h1-6,15,17,20,26,28,31-32,34H,7-14,16H2;3-6H,1-2H3/t20?,26-;/m0./s1. The Morgan fingerprint density at radius 3 is 2.36 bits per heavy atom. The van der Waals surface area contributed by atoms with Crippen LogP contribution in [0.1, 0.15) is 34.8 Å². The largest absolute Gasteiger partial charge is 0.497 e. The Labute approximate surface area is 263 Å². The molecule has 44 heavy (non-hydrogen) atoms. The molecule has 1 aliphatic heterocycles. The molecule has 3 aromatic carbocycles. The number of aromatic amines is 1. The van der Waals surface area contributed by atoms with Crippen LogP contribution < -0.4 is 9.47 Å². The number of carbonyl (C=O) groups is 1. The number of aliphatic hydroxyl groups is 3. The Kier molecular flexibility index (Phi) is 12.5. The van der Waals surface area contributed by atoms with Gasteiger partial charge in [0, 0.05) is 54.2 Å². The first-order chi connectivity index (χ1) is 21.4. The number of aryl methyl sites for hydroxylation is 1. The molecule has 9 nitrogen and oxygen atoms in total. The smallest absolute Gasteiger partial charge is 0.210 e. The molecule has 0 aliphatic carbocycles. The fourth-order valence-electron chi connectivity index (χ4n) is 5.45. The number of hydrogen-bond acceptors (Lipinski definition) is 7. The maximum absolute atomic E-state index is 11.9. The summed E-state index contributed by atoms with van der Waals surface area (Å²) in [6.45, 7) is 4.15. The molecular formula is C34H42ClN3O6. The first-order valence-corrected chi connectivity index (χ1v) is 15.2. The number of rotatable bonds is 13. The Morgan fingerprint density at radius 2 is 1.73 bits per heavy atom. The number of benzene rings is 3. The second-order valence-electron chi connectivity index (χ2n) is 10.8. The van der Waals surface area contributed by atoms with E-state index >= 15 is 0 Å². The van der Waals surface area contributed by atoms with Crippen molar-refractivity contribution < 1.29 is 29.6 Å². The zero-order chi connectivity index (χ0) is 31.5. The van der Waals surface area contributed by atoms with Crippen LogP contribution in [0.25, 0.3) is 10.9 Å². The lowest BCUT2D eigenvalue weighted by Crippen LogP contribution is -2.37. The molecule has 1 unspecified atom stereocenters. The third-order valence-corrected chi connectivity index (χ3v) is 7.97. The van der Waals surface area contributed by atoms with Crippen molar-refractivity contribution in [2.24, 2.45) is 0 Å². The molecule has 0 bridgehead atoms. The van der Waals surface area contributed by atoms with Gasteiger partial charge in [-0.1, -0.05) is 41.4 Å². The van der Waals surface area contributed by atoms with Gasteiger partial charge in [0.05, 0.1) is 39.1 Å². The normalized spacial score (nSPS) is 15.0. The minimum atomic E-state index is -0.621. The van der Waals surface area contributed by atoms with Crippen LogP contribution in [0.3, 0.4) is 0 Å². The van der Waals surface area contributed by atoms with Crippen LogP contribution in [0.2, 0.25) is 5.02 Å². The van der Waals surface area contributed by atoms with E-state index in [1.54, 1.807) is 12.0 Å². The van der Waals surface area contributed by atoms with E-state index in [9.17, 15) is 9.90 Å². The van der Waals surface area contributed by atoms with Crippen molar-refractivity contribution in [2.75, 3.05) is 53.1 Å². The maximum Gasteiger partial charge on any atom is 0.210 e. The molecule has 1 amide bonds. The van der Waals surface area contributed by atoms with Crippen LogP contribution in [0.4, 0.5) is 0 Å². The van der Waals surface area contributed by atoms with Gasteiger partial charge in [-0.15, -0.1) is 0 Å². The Morgan fingerprint density at radius 1 is 1.05 bits per heavy atom. The van der Waals surface area contributed by atoms with Gasteiger partial charge in [0.25, 0.3) is 0 Å². The monoisotopic (exact) mass is 623 g/mol. The summed E-state index contributed by atoms with van der Waals surface area (Å²) in [7, 11) is 1.67. The number of amides is 1. The minimum absolute atomic E-state index is 0.0220. The fourth-order valence-corrected chi connectivity index (χ4v) is 5.62. The van der Waals surface area contributed by atoms with E-state index < -0.39 is 6.10 Å². The number of H-pyrrole nitrogens is 1. The fraction of sp³-hybridized carbons (Fsp3) is 0.382. The van der Waals surface area contributed by atoms with Crippen molar-refractivity contribution in [2.45, 2.75) is 31.9 Å². The third kappa shape index (κ3) is 8.74. The molecule has 236 valence electrons. The average Bonchev–Trinajstić information content (AvgIpc) is 3.39. The number of fused-ring (bicyclic) bond motifs is 3. The van der Waals surface area contributed by atoms with E-state index in [-0.39, 0.29) is 19.3 Å². The van der Waals surface area contributed by atoms with E-state index in [1.807, 2.05) is 71.6 Å². The van der Waals surface area contributed by atoms with E-state index in [2.05, 4.69) is 11.9 Å². The molecule has 0 saturated carbocycles. The summed E-state index contributed by atoms with van der Waals surface area (Å²) in [4.78, 5) is 19.0. The zero-order valence-electron chi connectivity index (χ0n) is 25.3. The van der Waals surface area contributed by atoms with Crippen molar-refractivity contribution in [1.29, 1.82) is 0 Å². The van der Waals surface area contributed by atoms with Gasteiger partial charge in [0.15, 0.2) is 0 Å². The van der Waals surface area contributed by atoms with Gasteiger partial charge in [0.2, 0.25) is 6.41 Å². The molecule has 2 heterocycles. The van der Waals surface area contributed by atoms with Crippen molar-refractivity contribution in [3.8, 4) is 11.5 Å².